The van der Waals surface area contributed by atoms with Gasteiger partial charge >= 0.3 is 0 Å². The summed E-state index contributed by atoms with van der Waals surface area (Å²) < 4.78 is 0. The molecule has 0 bridgehead atoms. The topological polar surface area (TPSA) is 56.0 Å². The molecule has 0 radical (unpaired) electrons. The number of pyridine rings is 1. The zero-order valence-corrected chi connectivity index (χ0v) is 9.28. The van der Waals surface area contributed by atoms with Gasteiger partial charge in [0.25, 0.3) is 0 Å². The summed E-state index contributed by atoms with van der Waals surface area (Å²) in [6.07, 6.45) is 8.36. The molecule has 0 spiro atoms. The first-order valence-electron chi connectivity index (χ1n) is 5.69. The Morgan fingerprint density at radius 3 is 3.00 bits per heavy atom. The quantitative estimate of drug-likeness (QED) is 0.843. The molecule has 2 N–H and O–H groups in total. The fraction of sp³-hybridized carbons (Fsp3) is 0.385. The minimum absolute atomic E-state index is 0.194. The van der Waals surface area contributed by atoms with Crippen molar-refractivity contribution in [2.75, 3.05) is 5.73 Å². The number of nitrogens with two attached hydrogens (primary N) is 1. The van der Waals surface area contributed by atoms with E-state index in [4.69, 9.17) is 5.73 Å². The lowest BCUT2D eigenvalue weighted by molar-refractivity contribution is -0.115. The molecule has 0 unspecified atom stereocenters. The Balaban J connectivity index is 2.07. The Morgan fingerprint density at radius 2 is 2.31 bits per heavy atom. The van der Waals surface area contributed by atoms with Gasteiger partial charge in [0.05, 0.1) is 0 Å². The number of carbonyl (C=O) groups excluding carboxylic acids is 1. The molecule has 1 heterocycles. The van der Waals surface area contributed by atoms with Crippen LogP contribution >= 0.6 is 0 Å². The highest BCUT2D eigenvalue weighted by Crippen LogP contribution is 2.20. The van der Waals surface area contributed by atoms with Crippen LogP contribution in [0.15, 0.2) is 30.0 Å². The zero-order valence-electron chi connectivity index (χ0n) is 9.28. The van der Waals surface area contributed by atoms with E-state index in [2.05, 4.69) is 11.1 Å². The van der Waals surface area contributed by atoms with Crippen molar-refractivity contribution in [1.82, 2.24) is 4.98 Å². The number of Topliss-reactive ketones (excluding diaryl/α,β-unsaturated/α-hetero) is 1. The third-order valence-electron chi connectivity index (χ3n) is 2.93. The Bertz CT molecular complexity index is 424. The number of hydrogen-bond acceptors (Lipinski definition) is 3. The molecule has 3 nitrogen and oxygen atoms in total. The first kappa shape index (κ1) is 10.9. The van der Waals surface area contributed by atoms with Gasteiger partial charge in [-0.1, -0.05) is 12.1 Å². The maximum atomic E-state index is 12.0. The molecule has 0 aliphatic heterocycles. The number of nitrogens with zero attached hydrogens (tertiary/aromatic N) is 1. The van der Waals surface area contributed by atoms with Crippen molar-refractivity contribution in [2.24, 2.45) is 0 Å². The zero-order chi connectivity index (χ0) is 11.4. The molecular weight excluding hydrogens is 200 g/mol. The van der Waals surface area contributed by atoms with E-state index in [9.17, 15) is 4.79 Å². The number of aromatic nitrogens is 1. The molecule has 0 aromatic carbocycles. The van der Waals surface area contributed by atoms with E-state index < -0.39 is 0 Å². The van der Waals surface area contributed by atoms with E-state index in [0.717, 1.165) is 30.4 Å². The number of hydrogen-bond donors (Lipinski definition) is 1. The van der Waals surface area contributed by atoms with Gasteiger partial charge in [-0.25, -0.2) is 4.98 Å². The maximum Gasteiger partial charge on any atom is 0.163 e. The molecule has 0 saturated heterocycles. The summed E-state index contributed by atoms with van der Waals surface area (Å²) in [5, 5.41) is 0. The molecule has 1 aromatic rings. The van der Waals surface area contributed by atoms with Crippen molar-refractivity contribution in [3.05, 3.63) is 35.5 Å². The molecule has 3 heteroatoms. The van der Waals surface area contributed by atoms with Gasteiger partial charge in [-0.3, -0.25) is 4.79 Å². The van der Waals surface area contributed by atoms with Crippen LogP contribution < -0.4 is 5.73 Å². The van der Waals surface area contributed by atoms with Gasteiger partial charge in [0.15, 0.2) is 5.78 Å². The summed E-state index contributed by atoms with van der Waals surface area (Å²) in [6, 6.07) is 3.68. The number of carbonyl (C=O) groups is 1. The predicted molar refractivity (Wildman–Crippen MR) is 63.9 cm³/mol. The summed E-state index contributed by atoms with van der Waals surface area (Å²) in [5.74, 6) is 0.659. The van der Waals surface area contributed by atoms with Crippen LogP contribution in [0.25, 0.3) is 0 Å². The first-order chi connectivity index (χ1) is 7.77. The maximum absolute atomic E-state index is 12.0. The van der Waals surface area contributed by atoms with E-state index in [1.165, 1.54) is 6.42 Å². The fourth-order valence-electron chi connectivity index (χ4n) is 1.98. The molecule has 1 aliphatic rings. The molecule has 16 heavy (non-hydrogen) atoms. The SMILES string of the molecule is Nc1ncccc1CC(=O)C1=CCCCC1. The van der Waals surface area contributed by atoms with Crippen LogP contribution in [0, 0.1) is 0 Å². The van der Waals surface area contributed by atoms with E-state index in [1.54, 1.807) is 6.20 Å². The lowest BCUT2D eigenvalue weighted by Gasteiger charge is -2.11. The first-order valence-corrected chi connectivity index (χ1v) is 5.69. The Labute approximate surface area is 95.4 Å². The van der Waals surface area contributed by atoms with Crippen LogP contribution in [0.5, 0.6) is 0 Å². The Hall–Kier alpha value is -1.64. The summed E-state index contributed by atoms with van der Waals surface area (Å²) in [7, 11) is 0. The molecule has 84 valence electrons. The van der Waals surface area contributed by atoms with Gasteiger partial charge in [-0.2, -0.15) is 0 Å². The van der Waals surface area contributed by atoms with Crippen molar-refractivity contribution in [2.45, 2.75) is 32.1 Å². The molecular formula is C13H16N2O. The summed E-state index contributed by atoms with van der Waals surface area (Å²) in [6.45, 7) is 0. The lowest BCUT2D eigenvalue weighted by Crippen LogP contribution is -2.10. The minimum atomic E-state index is 0.194. The molecule has 2 rings (SSSR count). The van der Waals surface area contributed by atoms with Gasteiger partial charge < -0.3 is 5.73 Å². The summed E-state index contributed by atoms with van der Waals surface area (Å²) in [5.41, 5.74) is 7.52. The average Bonchev–Trinajstić information content (AvgIpc) is 2.33. The highest BCUT2D eigenvalue weighted by molar-refractivity contribution is 5.97. The van der Waals surface area contributed by atoms with Crippen LogP contribution in [-0.4, -0.2) is 10.8 Å². The number of nitrogen functional groups attached to an aromatic ring is 1. The largest absolute Gasteiger partial charge is 0.383 e. The highest BCUT2D eigenvalue weighted by atomic mass is 16.1. The Kier molecular flexibility index (Phi) is 3.34. The third-order valence-corrected chi connectivity index (χ3v) is 2.93. The predicted octanol–water partition coefficient (Wildman–Crippen LogP) is 2.28. The average molecular weight is 216 g/mol. The van der Waals surface area contributed by atoms with Gasteiger partial charge in [0, 0.05) is 18.2 Å². The van der Waals surface area contributed by atoms with Crippen molar-refractivity contribution < 1.29 is 4.79 Å². The van der Waals surface area contributed by atoms with Crippen LogP contribution in [-0.2, 0) is 11.2 Å². The van der Waals surface area contributed by atoms with Crippen molar-refractivity contribution in [1.29, 1.82) is 0 Å². The molecule has 0 amide bonds. The summed E-state index contributed by atoms with van der Waals surface area (Å²) in [4.78, 5) is 16.0. The minimum Gasteiger partial charge on any atom is -0.383 e. The van der Waals surface area contributed by atoms with E-state index in [0.29, 0.717) is 12.2 Å². The second-order valence-corrected chi connectivity index (χ2v) is 4.12. The van der Waals surface area contributed by atoms with Gasteiger partial charge in [0.2, 0.25) is 0 Å². The standard InChI is InChI=1S/C13H16N2O/c14-13-11(7-4-8-15-13)9-12(16)10-5-2-1-3-6-10/h4-5,7-8H,1-3,6,9H2,(H2,14,15). The molecule has 0 fully saturated rings. The van der Waals surface area contributed by atoms with Crippen LogP contribution in [0.2, 0.25) is 0 Å². The molecule has 0 atom stereocenters. The number of rotatable bonds is 3. The number of allylic oxidation sites excluding steroid dienone is 2. The van der Waals surface area contributed by atoms with Crippen LogP contribution in [0.3, 0.4) is 0 Å². The van der Waals surface area contributed by atoms with Crippen LogP contribution in [0.1, 0.15) is 31.2 Å². The molecule has 0 saturated carbocycles. The number of ketones is 1. The van der Waals surface area contributed by atoms with Crippen molar-refractivity contribution in [3.8, 4) is 0 Å². The van der Waals surface area contributed by atoms with Crippen molar-refractivity contribution >= 4 is 11.6 Å². The molecule has 1 aromatic heterocycles. The van der Waals surface area contributed by atoms with Gasteiger partial charge in [-0.15, -0.1) is 0 Å². The van der Waals surface area contributed by atoms with Gasteiger partial charge in [0.1, 0.15) is 5.82 Å². The third kappa shape index (κ3) is 2.48. The Morgan fingerprint density at radius 1 is 1.44 bits per heavy atom. The highest BCUT2D eigenvalue weighted by Gasteiger charge is 2.14. The van der Waals surface area contributed by atoms with E-state index >= 15 is 0 Å². The fourth-order valence-corrected chi connectivity index (χ4v) is 1.98. The lowest BCUT2D eigenvalue weighted by atomic mass is 9.93. The number of anilines is 1. The smallest absolute Gasteiger partial charge is 0.163 e. The van der Waals surface area contributed by atoms with E-state index in [-0.39, 0.29) is 5.78 Å². The normalized spacial score (nSPS) is 15.6. The second kappa shape index (κ2) is 4.92. The molecule has 1 aliphatic carbocycles. The van der Waals surface area contributed by atoms with Crippen LogP contribution in [0.4, 0.5) is 5.82 Å². The van der Waals surface area contributed by atoms with Crippen molar-refractivity contribution in [3.63, 3.8) is 0 Å². The van der Waals surface area contributed by atoms with E-state index in [1.807, 2.05) is 12.1 Å². The van der Waals surface area contributed by atoms with Gasteiger partial charge in [-0.05, 0) is 37.3 Å². The monoisotopic (exact) mass is 216 g/mol. The summed E-state index contributed by atoms with van der Waals surface area (Å²) >= 11 is 0. The second-order valence-electron chi connectivity index (χ2n) is 4.12.